The lowest BCUT2D eigenvalue weighted by Crippen LogP contribution is -2.42. The van der Waals surface area contributed by atoms with Crippen LogP contribution in [0, 0.1) is 6.92 Å². The Balaban J connectivity index is 1.58. The summed E-state index contributed by atoms with van der Waals surface area (Å²) < 4.78 is 11.0. The number of rotatable bonds is 5. The van der Waals surface area contributed by atoms with Crippen LogP contribution in [0.25, 0.3) is 0 Å². The van der Waals surface area contributed by atoms with Crippen LogP contribution < -0.4 is 5.73 Å². The molecule has 2 N–H and O–H groups in total. The summed E-state index contributed by atoms with van der Waals surface area (Å²) in [7, 11) is 0. The lowest BCUT2D eigenvalue weighted by Gasteiger charge is -2.33. The number of hydrogen-bond acceptors (Lipinski definition) is 7. The second-order valence-corrected chi connectivity index (χ2v) is 6.87. The SMILES string of the molecule is Cc1cc(N)cc([C@@H]2CN(C(=O)CCc3nc(C(C)C)no3)CCO2)n1. The lowest BCUT2D eigenvalue weighted by atomic mass is 10.1. The van der Waals surface area contributed by atoms with E-state index in [4.69, 9.17) is 15.0 Å². The van der Waals surface area contributed by atoms with Crippen LogP contribution in [0.15, 0.2) is 16.7 Å². The molecular weight excluding hydrogens is 334 g/mol. The predicted octanol–water partition coefficient (Wildman–Crippen LogP) is 2.01. The van der Waals surface area contributed by atoms with E-state index >= 15 is 0 Å². The van der Waals surface area contributed by atoms with Gasteiger partial charge in [-0.2, -0.15) is 4.98 Å². The van der Waals surface area contributed by atoms with Crippen molar-refractivity contribution >= 4 is 11.6 Å². The standard InChI is InChI=1S/C18H25N5O3/c1-11(2)18-21-16(26-22-18)4-5-17(24)23-6-7-25-15(10-23)14-9-13(19)8-12(3)20-14/h8-9,11,15H,4-7,10H2,1-3H3,(H2,19,20)/t15-/m0/s1. The second kappa shape index (κ2) is 7.82. The number of nitrogens with two attached hydrogens (primary N) is 1. The molecule has 2 aromatic rings. The predicted molar refractivity (Wildman–Crippen MR) is 95.4 cm³/mol. The molecular formula is C18H25N5O3. The zero-order valence-electron chi connectivity index (χ0n) is 15.4. The van der Waals surface area contributed by atoms with Crippen LogP contribution in [0.1, 0.15) is 55.4 Å². The van der Waals surface area contributed by atoms with Gasteiger partial charge in [0.1, 0.15) is 6.10 Å². The molecule has 1 saturated heterocycles. The van der Waals surface area contributed by atoms with E-state index < -0.39 is 0 Å². The van der Waals surface area contributed by atoms with Crippen molar-refractivity contribution in [3.63, 3.8) is 0 Å². The van der Waals surface area contributed by atoms with Crippen LogP contribution in [0.4, 0.5) is 5.69 Å². The van der Waals surface area contributed by atoms with Gasteiger partial charge in [-0.15, -0.1) is 0 Å². The Bertz CT molecular complexity index is 754. The molecule has 0 aromatic carbocycles. The second-order valence-electron chi connectivity index (χ2n) is 6.87. The molecule has 26 heavy (non-hydrogen) atoms. The summed E-state index contributed by atoms with van der Waals surface area (Å²) in [5, 5.41) is 3.92. The van der Waals surface area contributed by atoms with Gasteiger partial charge in [0.2, 0.25) is 11.8 Å². The summed E-state index contributed by atoms with van der Waals surface area (Å²) in [6.07, 6.45) is 0.511. The van der Waals surface area contributed by atoms with Crippen molar-refractivity contribution in [2.75, 3.05) is 25.4 Å². The number of morpholine rings is 1. The van der Waals surface area contributed by atoms with Gasteiger partial charge >= 0.3 is 0 Å². The van der Waals surface area contributed by atoms with Crippen LogP contribution in [0.2, 0.25) is 0 Å². The molecule has 1 fully saturated rings. The maximum atomic E-state index is 12.6. The van der Waals surface area contributed by atoms with E-state index in [0.717, 1.165) is 11.4 Å². The van der Waals surface area contributed by atoms with Gasteiger partial charge in [-0.1, -0.05) is 19.0 Å². The number of pyridine rings is 1. The lowest BCUT2D eigenvalue weighted by molar-refractivity contribution is -0.139. The Morgan fingerprint density at radius 3 is 2.88 bits per heavy atom. The summed E-state index contributed by atoms with van der Waals surface area (Å²) in [6, 6.07) is 3.61. The monoisotopic (exact) mass is 359 g/mol. The Morgan fingerprint density at radius 2 is 2.19 bits per heavy atom. The Labute approximate surface area is 152 Å². The zero-order valence-corrected chi connectivity index (χ0v) is 15.4. The molecule has 3 heterocycles. The number of amides is 1. The summed E-state index contributed by atoms with van der Waals surface area (Å²) in [4.78, 5) is 23.2. The molecule has 3 rings (SSSR count). The van der Waals surface area contributed by atoms with Crippen LogP contribution in [-0.4, -0.2) is 45.6 Å². The molecule has 8 nitrogen and oxygen atoms in total. The van der Waals surface area contributed by atoms with Gasteiger partial charge in [0.05, 0.1) is 18.8 Å². The number of carbonyl (C=O) groups excluding carboxylic acids is 1. The maximum absolute atomic E-state index is 12.6. The van der Waals surface area contributed by atoms with Gasteiger partial charge in [0.25, 0.3) is 0 Å². The number of nitrogen functional groups attached to an aromatic ring is 1. The van der Waals surface area contributed by atoms with Crippen molar-refractivity contribution in [3.05, 3.63) is 35.2 Å². The molecule has 8 heteroatoms. The number of carbonyl (C=O) groups is 1. The minimum Gasteiger partial charge on any atom is -0.399 e. The smallest absolute Gasteiger partial charge is 0.227 e. The Kier molecular flexibility index (Phi) is 5.51. The van der Waals surface area contributed by atoms with Crippen LogP contribution in [0.5, 0.6) is 0 Å². The molecule has 0 radical (unpaired) electrons. The van der Waals surface area contributed by atoms with Crippen molar-refractivity contribution in [2.45, 2.75) is 45.6 Å². The Morgan fingerprint density at radius 1 is 1.38 bits per heavy atom. The quantitative estimate of drug-likeness (QED) is 0.870. The van der Waals surface area contributed by atoms with Gasteiger partial charge < -0.3 is 19.9 Å². The van der Waals surface area contributed by atoms with Crippen LogP contribution in [-0.2, 0) is 16.0 Å². The molecule has 1 atom stereocenters. The largest absolute Gasteiger partial charge is 0.399 e. The van der Waals surface area contributed by atoms with Crippen LogP contribution in [0.3, 0.4) is 0 Å². The molecule has 1 amide bonds. The third kappa shape index (κ3) is 4.37. The fourth-order valence-corrected chi connectivity index (χ4v) is 2.92. The third-order valence-corrected chi connectivity index (χ3v) is 4.30. The molecule has 0 spiro atoms. The topological polar surface area (TPSA) is 107 Å². The number of ether oxygens (including phenoxy) is 1. The van der Waals surface area contributed by atoms with Crippen LogP contribution >= 0.6 is 0 Å². The van der Waals surface area contributed by atoms with E-state index in [9.17, 15) is 4.79 Å². The minimum atomic E-state index is -0.258. The van der Waals surface area contributed by atoms with Crippen molar-refractivity contribution in [2.24, 2.45) is 0 Å². The summed E-state index contributed by atoms with van der Waals surface area (Å²) in [5.74, 6) is 1.42. The highest BCUT2D eigenvalue weighted by atomic mass is 16.5. The highest BCUT2D eigenvalue weighted by Crippen LogP contribution is 2.23. The summed E-state index contributed by atoms with van der Waals surface area (Å²) >= 11 is 0. The van der Waals surface area contributed by atoms with E-state index in [1.54, 1.807) is 11.0 Å². The first kappa shape index (κ1) is 18.3. The highest BCUT2D eigenvalue weighted by molar-refractivity contribution is 5.76. The number of aryl methyl sites for hydroxylation is 2. The molecule has 1 aliphatic rings. The van der Waals surface area contributed by atoms with Gasteiger partial charge in [0.15, 0.2) is 5.82 Å². The molecule has 0 aliphatic carbocycles. The van der Waals surface area contributed by atoms with Crippen molar-refractivity contribution in [1.29, 1.82) is 0 Å². The first-order valence-electron chi connectivity index (χ1n) is 8.88. The molecule has 2 aromatic heterocycles. The van der Waals surface area contributed by atoms with E-state index in [0.29, 0.717) is 49.9 Å². The van der Waals surface area contributed by atoms with Crippen molar-refractivity contribution in [1.82, 2.24) is 20.0 Å². The molecule has 0 unspecified atom stereocenters. The van der Waals surface area contributed by atoms with Gasteiger partial charge in [-0.25, -0.2) is 0 Å². The van der Waals surface area contributed by atoms with Gasteiger partial charge in [0, 0.05) is 36.7 Å². The summed E-state index contributed by atoms with van der Waals surface area (Å²) in [5.41, 5.74) is 8.15. The van der Waals surface area contributed by atoms with Crippen molar-refractivity contribution in [3.8, 4) is 0 Å². The fourth-order valence-electron chi connectivity index (χ4n) is 2.92. The number of aromatic nitrogens is 3. The number of nitrogens with zero attached hydrogens (tertiary/aromatic N) is 4. The fraction of sp³-hybridized carbons (Fsp3) is 0.556. The first-order chi connectivity index (χ1) is 12.4. The number of anilines is 1. The highest BCUT2D eigenvalue weighted by Gasteiger charge is 2.26. The van der Waals surface area contributed by atoms with E-state index in [-0.39, 0.29) is 17.9 Å². The van der Waals surface area contributed by atoms with Crippen molar-refractivity contribution < 1.29 is 14.1 Å². The molecule has 0 bridgehead atoms. The molecule has 0 saturated carbocycles. The van der Waals surface area contributed by atoms with Gasteiger partial charge in [-0.3, -0.25) is 9.78 Å². The Hall–Kier alpha value is -2.48. The normalized spacial score (nSPS) is 17.7. The summed E-state index contributed by atoms with van der Waals surface area (Å²) in [6.45, 7) is 7.40. The maximum Gasteiger partial charge on any atom is 0.227 e. The van der Waals surface area contributed by atoms with E-state index in [1.807, 2.05) is 26.8 Å². The van der Waals surface area contributed by atoms with E-state index in [2.05, 4.69) is 15.1 Å². The van der Waals surface area contributed by atoms with E-state index in [1.165, 1.54) is 0 Å². The number of hydrogen-bond donors (Lipinski definition) is 1. The molecule has 140 valence electrons. The molecule has 1 aliphatic heterocycles. The third-order valence-electron chi connectivity index (χ3n) is 4.30. The minimum absolute atomic E-state index is 0.0446. The first-order valence-corrected chi connectivity index (χ1v) is 8.88. The average Bonchev–Trinajstić information content (AvgIpc) is 3.08. The van der Waals surface area contributed by atoms with Gasteiger partial charge in [-0.05, 0) is 19.1 Å². The zero-order chi connectivity index (χ0) is 18.7. The average molecular weight is 359 g/mol.